The van der Waals surface area contributed by atoms with Crippen molar-refractivity contribution in [2.75, 3.05) is 7.04 Å². The summed E-state index contributed by atoms with van der Waals surface area (Å²) in [5.41, 5.74) is -0.388. The Bertz CT molecular complexity index is 357. The summed E-state index contributed by atoms with van der Waals surface area (Å²) in [4.78, 5) is 0. The maximum Gasteiger partial charge on any atom is 0.132 e. The molecule has 0 aliphatic carbocycles. The Morgan fingerprint density at radius 3 is 2.54 bits per heavy atom. The Morgan fingerprint density at radius 2 is 2.08 bits per heavy atom. The summed E-state index contributed by atoms with van der Waals surface area (Å²) >= 11 is 0. The molecule has 1 aromatic rings. The highest BCUT2D eigenvalue weighted by molar-refractivity contribution is 5.25. The monoisotopic (exact) mass is 191 g/mol. The Balaban J connectivity index is 2.84. The predicted octanol–water partition coefficient (Wildman–Crippen LogP) is 1.60. The van der Waals surface area contributed by atoms with E-state index in [1.807, 2.05) is 0 Å². The van der Waals surface area contributed by atoms with Crippen LogP contribution in [-0.4, -0.2) is 12.1 Å². The first kappa shape index (κ1) is 6.45. The van der Waals surface area contributed by atoms with Crippen molar-refractivity contribution in [3.05, 3.63) is 34.9 Å². The minimum atomic E-state index is -2.61. The van der Waals surface area contributed by atoms with Crippen LogP contribution in [-0.2, 0) is 18.0 Å². The van der Waals surface area contributed by atoms with Crippen molar-refractivity contribution in [2.24, 2.45) is 0 Å². The summed E-state index contributed by atoms with van der Waals surface area (Å²) in [6.45, 7) is -1.17. The summed E-state index contributed by atoms with van der Waals surface area (Å²) in [6, 6.07) is 1.86. The van der Waals surface area contributed by atoms with Gasteiger partial charge in [-0.25, -0.2) is 8.78 Å². The third kappa shape index (κ3) is 2.23. The minimum Gasteiger partial charge on any atom is -0.391 e. The van der Waals surface area contributed by atoms with E-state index in [2.05, 4.69) is 4.74 Å². The van der Waals surface area contributed by atoms with E-state index in [0.29, 0.717) is 0 Å². The number of halogens is 2. The maximum absolute atomic E-state index is 13.1. The molecule has 1 rings (SSSR count). The molecule has 0 aliphatic heterocycles. The first-order valence-electron chi connectivity index (χ1n) is 5.05. The van der Waals surface area contributed by atoms with Gasteiger partial charge in [-0.15, -0.1) is 0 Å². The number of hydrogen-bond acceptors (Lipinski definition) is 2. The van der Waals surface area contributed by atoms with E-state index in [0.717, 1.165) is 12.1 Å². The van der Waals surface area contributed by atoms with Crippen LogP contribution in [0.4, 0.5) is 8.78 Å². The van der Waals surface area contributed by atoms with Crippen LogP contribution in [0.5, 0.6) is 0 Å². The average Bonchev–Trinajstić information content (AvgIpc) is 2.13. The molecule has 0 fully saturated rings. The van der Waals surface area contributed by atoms with Crippen LogP contribution in [0.2, 0.25) is 0 Å². The van der Waals surface area contributed by atoms with Crippen molar-refractivity contribution in [3.63, 3.8) is 0 Å². The summed E-state index contributed by atoms with van der Waals surface area (Å²) in [6.07, 6.45) is 0. The normalized spacial score (nSPS) is 14.8. The lowest BCUT2D eigenvalue weighted by atomic mass is 10.1. The zero-order chi connectivity index (χ0) is 12.3. The lowest BCUT2D eigenvalue weighted by Crippen LogP contribution is -1.98. The van der Waals surface area contributed by atoms with E-state index in [9.17, 15) is 8.78 Å². The van der Waals surface area contributed by atoms with Crippen molar-refractivity contribution < 1.29 is 22.7 Å². The first-order valence-corrected chi connectivity index (χ1v) is 3.55. The van der Waals surface area contributed by atoms with Crippen LogP contribution in [0.3, 0.4) is 0 Å². The second kappa shape index (κ2) is 4.30. The summed E-state index contributed by atoms with van der Waals surface area (Å²) < 4.78 is 50.9. The predicted molar refractivity (Wildman–Crippen MR) is 43.0 cm³/mol. The van der Waals surface area contributed by atoms with Gasteiger partial charge in [-0.3, -0.25) is 0 Å². The molecule has 0 heterocycles. The van der Waals surface area contributed by atoms with Crippen molar-refractivity contribution in [1.82, 2.24) is 0 Å². The molecule has 0 aliphatic rings. The average molecular weight is 191 g/mol. The number of hydrogen-bond donors (Lipinski definition) is 1. The van der Waals surface area contributed by atoms with E-state index in [1.165, 1.54) is 0 Å². The molecular weight excluding hydrogens is 178 g/mol. The van der Waals surface area contributed by atoms with E-state index >= 15 is 0 Å². The van der Waals surface area contributed by atoms with E-state index in [1.54, 1.807) is 0 Å². The molecule has 13 heavy (non-hydrogen) atoms. The van der Waals surface area contributed by atoms with Crippen LogP contribution in [0.1, 0.15) is 15.2 Å². The quantitative estimate of drug-likeness (QED) is 0.786. The molecule has 0 bridgehead atoms. The van der Waals surface area contributed by atoms with Crippen molar-refractivity contribution in [1.29, 1.82) is 0 Å². The van der Waals surface area contributed by atoms with Gasteiger partial charge in [-0.05, 0) is 17.7 Å². The summed E-state index contributed by atoms with van der Waals surface area (Å²) in [5.74, 6) is -1.85. The molecule has 0 aromatic heterocycles. The van der Waals surface area contributed by atoms with Crippen molar-refractivity contribution in [3.8, 4) is 0 Å². The zero-order valence-corrected chi connectivity index (χ0v) is 6.68. The fraction of sp³-hybridized carbons (Fsp3) is 0.333. The molecule has 0 amide bonds. The molecule has 0 saturated heterocycles. The number of rotatable bonds is 3. The fourth-order valence-electron chi connectivity index (χ4n) is 0.973. The third-order valence-corrected chi connectivity index (χ3v) is 1.60. The Hall–Kier alpha value is -1.00. The maximum atomic E-state index is 13.1. The standard InChI is InChI=1S/C9H10F2O2/c1-13-5-6-2-8(10)7(4-12)9(11)3-6/h2-3,12H,4-5H2,1H3/i1D3. The van der Waals surface area contributed by atoms with E-state index in [4.69, 9.17) is 9.22 Å². The lowest BCUT2D eigenvalue weighted by molar-refractivity contribution is 0.184. The van der Waals surface area contributed by atoms with Gasteiger partial charge in [0.25, 0.3) is 0 Å². The van der Waals surface area contributed by atoms with Gasteiger partial charge in [0.1, 0.15) is 11.6 Å². The highest BCUT2D eigenvalue weighted by atomic mass is 19.1. The second-order valence-electron chi connectivity index (χ2n) is 2.48. The highest BCUT2D eigenvalue weighted by Gasteiger charge is 2.09. The number of ether oxygens (including phenoxy) is 1. The minimum absolute atomic E-state index is 0.0586. The molecule has 4 heteroatoms. The zero-order valence-electron chi connectivity index (χ0n) is 9.68. The van der Waals surface area contributed by atoms with Crippen LogP contribution in [0, 0.1) is 11.6 Å². The Morgan fingerprint density at radius 1 is 1.46 bits per heavy atom. The third-order valence-electron chi connectivity index (χ3n) is 1.60. The van der Waals surface area contributed by atoms with Crippen LogP contribution in [0.15, 0.2) is 12.1 Å². The largest absolute Gasteiger partial charge is 0.391 e. The first-order chi connectivity index (χ1) is 7.33. The van der Waals surface area contributed by atoms with Gasteiger partial charge < -0.3 is 9.84 Å². The molecule has 0 radical (unpaired) electrons. The van der Waals surface area contributed by atoms with Gasteiger partial charge in [0.2, 0.25) is 0 Å². The molecule has 0 unspecified atom stereocenters. The molecule has 0 spiro atoms. The van der Waals surface area contributed by atoms with Gasteiger partial charge in [0.15, 0.2) is 0 Å². The molecule has 0 saturated carbocycles. The molecule has 1 aromatic carbocycles. The van der Waals surface area contributed by atoms with Gasteiger partial charge in [-0.2, -0.15) is 0 Å². The molecule has 1 N–H and O–H groups in total. The summed E-state index contributed by atoms with van der Waals surface area (Å²) in [7, 11) is -2.61. The Kier molecular flexibility index (Phi) is 2.13. The SMILES string of the molecule is [2H]C([2H])([2H])OCc1cc(F)c(CO)c(F)c1. The van der Waals surface area contributed by atoms with Gasteiger partial charge in [0.05, 0.1) is 17.3 Å². The van der Waals surface area contributed by atoms with E-state index < -0.39 is 37.4 Å². The number of aliphatic hydroxyl groups excluding tert-OH is 1. The van der Waals surface area contributed by atoms with Crippen molar-refractivity contribution >= 4 is 0 Å². The smallest absolute Gasteiger partial charge is 0.132 e. The molecular formula is C9H10F2O2. The molecule has 72 valence electrons. The fourth-order valence-corrected chi connectivity index (χ4v) is 0.973. The number of methoxy groups -OCH3 is 1. The summed E-state index contributed by atoms with van der Waals surface area (Å²) in [5, 5.41) is 8.65. The lowest BCUT2D eigenvalue weighted by Gasteiger charge is -2.04. The molecule has 0 atom stereocenters. The van der Waals surface area contributed by atoms with Crippen LogP contribution >= 0.6 is 0 Å². The van der Waals surface area contributed by atoms with E-state index in [-0.39, 0.29) is 5.56 Å². The van der Waals surface area contributed by atoms with Crippen molar-refractivity contribution in [2.45, 2.75) is 13.2 Å². The topological polar surface area (TPSA) is 29.5 Å². The Labute approximate surface area is 79.0 Å². The van der Waals surface area contributed by atoms with Gasteiger partial charge in [-0.1, -0.05) is 0 Å². The number of aliphatic hydroxyl groups is 1. The number of benzene rings is 1. The molecule has 2 nitrogen and oxygen atoms in total. The highest BCUT2D eigenvalue weighted by Crippen LogP contribution is 2.15. The second-order valence-corrected chi connectivity index (χ2v) is 2.48. The van der Waals surface area contributed by atoms with Crippen LogP contribution in [0.25, 0.3) is 0 Å². The van der Waals surface area contributed by atoms with Gasteiger partial charge in [0, 0.05) is 12.6 Å². The van der Waals surface area contributed by atoms with Crippen LogP contribution < -0.4 is 0 Å². The van der Waals surface area contributed by atoms with Gasteiger partial charge >= 0.3 is 0 Å².